The van der Waals surface area contributed by atoms with Crippen molar-refractivity contribution in [2.75, 3.05) is 13.2 Å². The lowest BCUT2D eigenvalue weighted by molar-refractivity contribution is -0.171. The second kappa shape index (κ2) is 7.03. The molecule has 0 bridgehead atoms. The lowest BCUT2D eigenvalue weighted by atomic mass is 9.85. The minimum atomic E-state index is -1.76. The molecule has 0 aromatic heterocycles. The third kappa shape index (κ3) is 2.82. The molecule has 0 amide bonds. The Morgan fingerprint density at radius 2 is 1.69 bits per heavy atom. The van der Waals surface area contributed by atoms with E-state index < -0.39 is 25.4 Å². The molecular formula is C21H28O4Si. The summed E-state index contributed by atoms with van der Waals surface area (Å²) < 4.78 is 10.6. The summed E-state index contributed by atoms with van der Waals surface area (Å²) in [7, 11) is -1.76. The Morgan fingerprint density at radius 3 is 2.19 bits per heavy atom. The van der Waals surface area contributed by atoms with Crippen molar-refractivity contribution < 1.29 is 19.1 Å². The van der Waals surface area contributed by atoms with Crippen LogP contribution in [0.3, 0.4) is 0 Å². The van der Waals surface area contributed by atoms with Gasteiger partial charge in [-0.25, -0.2) is 0 Å². The van der Waals surface area contributed by atoms with E-state index in [1.807, 2.05) is 6.07 Å². The number of carbonyl (C=O) groups is 2. The van der Waals surface area contributed by atoms with Crippen LogP contribution in [-0.4, -0.2) is 33.2 Å². The van der Waals surface area contributed by atoms with Crippen molar-refractivity contribution in [2.45, 2.75) is 46.2 Å². The number of hydrogen-bond donors (Lipinski definition) is 0. The Morgan fingerprint density at radius 1 is 1.12 bits per heavy atom. The maximum absolute atomic E-state index is 12.7. The van der Waals surface area contributed by atoms with Gasteiger partial charge in [0.1, 0.15) is 8.07 Å². The lowest BCUT2D eigenvalue weighted by Gasteiger charge is -2.29. The van der Waals surface area contributed by atoms with E-state index in [0.29, 0.717) is 12.8 Å². The lowest BCUT2D eigenvalue weighted by Crippen LogP contribution is -2.46. The van der Waals surface area contributed by atoms with E-state index in [-0.39, 0.29) is 19.1 Å². The Labute approximate surface area is 156 Å². The first-order chi connectivity index (χ1) is 12.4. The average molecular weight is 373 g/mol. The zero-order chi connectivity index (χ0) is 18.9. The first kappa shape index (κ1) is 18.9. The third-order valence-electron chi connectivity index (χ3n) is 6.29. The SMILES string of the molecule is CCOC(=O)C1(C(=O)OCC)CC2=C(C)[Si](C)(c3ccccc3)CC2C1. The standard InChI is InChI=1S/C21H28O4Si/c1-5-24-19(22)21(20(23)25-6-2)12-16-14-26(4,15(3)18(16)13-21)17-10-8-7-9-11-17/h7-11,16H,5-6,12-14H2,1-4H3. The summed E-state index contributed by atoms with van der Waals surface area (Å²) in [5.41, 5.74) is 0.142. The number of esters is 2. The molecule has 3 rings (SSSR count). The number of rotatable bonds is 5. The number of fused-ring (bicyclic) bond motifs is 1. The van der Waals surface area contributed by atoms with Crippen LogP contribution in [0.5, 0.6) is 0 Å². The van der Waals surface area contributed by atoms with Gasteiger partial charge in [-0.2, -0.15) is 0 Å². The predicted octanol–water partition coefficient (Wildman–Crippen LogP) is 3.36. The molecule has 1 aromatic rings. The zero-order valence-electron chi connectivity index (χ0n) is 16.1. The molecule has 1 aromatic carbocycles. The van der Waals surface area contributed by atoms with Gasteiger partial charge >= 0.3 is 11.9 Å². The topological polar surface area (TPSA) is 52.6 Å². The highest BCUT2D eigenvalue weighted by Crippen LogP contribution is 2.56. The fraction of sp³-hybridized carbons (Fsp3) is 0.524. The highest BCUT2D eigenvalue weighted by molar-refractivity contribution is 6.97. The van der Waals surface area contributed by atoms with Crippen LogP contribution in [-0.2, 0) is 19.1 Å². The van der Waals surface area contributed by atoms with E-state index in [1.165, 1.54) is 16.0 Å². The molecule has 2 aliphatic rings. The molecule has 4 nitrogen and oxygen atoms in total. The predicted molar refractivity (Wildman–Crippen MR) is 104 cm³/mol. The maximum Gasteiger partial charge on any atom is 0.323 e. The van der Waals surface area contributed by atoms with E-state index in [9.17, 15) is 9.59 Å². The Balaban J connectivity index is 1.98. The van der Waals surface area contributed by atoms with E-state index >= 15 is 0 Å². The van der Waals surface area contributed by atoms with Crippen LogP contribution >= 0.6 is 0 Å². The van der Waals surface area contributed by atoms with Crippen LogP contribution in [0.2, 0.25) is 12.6 Å². The summed E-state index contributed by atoms with van der Waals surface area (Å²) in [6.07, 6.45) is 0.976. The quantitative estimate of drug-likeness (QED) is 0.452. The molecule has 1 aliphatic heterocycles. The van der Waals surface area contributed by atoms with Gasteiger partial charge in [-0.05, 0) is 45.6 Å². The van der Waals surface area contributed by atoms with Gasteiger partial charge < -0.3 is 9.47 Å². The van der Waals surface area contributed by atoms with Gasteiger partial charge in [0.25, 0.3) is 0 Å². The summed E-state index contributed by atoms with van der Waals surface area (Å²) in [5.74, 6) is -0.562. The van der Waals surface area contributed by atoms with E-state index in [2.05, 4.69) is 37.7 Å². The largest absolute Gasteiger partial charge is 0.465 e. The molecular weight excluding hydrogens is 344 g/mol. The first-order valence-electron chi connectivity index (χ1n) is 9.49. The molecule has 2 atom stereocenters. The van der Waals surface area contributed by atoms with Crippen molar-refractivity contribution in [3.63, 3.8) is 0 Å². The summed E-state index contributed by atoms with van der Waals surface area (Å²) in [6.45, 7) is 8.71. The molecule has 2 unspecified atom stereocenters. The van der Waals surface area contributed by atoms with Crippen molar-refractivity contribution in [1.82, 2.24) is 0 Å². The Hall–Kier alpha value is -1.88. The summed E-state index contributed by atoms with van der Waals surface area (Å²) in [5, 5.41) is 2.85. The fourth-order valence-electron chi connectivity index (χ4n) is 4.79. The van der Waals surface area contributed by atoms with Gasteiger partial charge in [-0.1, -0.05) is 52.8 Å². The monoisotopic (exact) mass is 372 g/mol. The summed E-state index contributed by atoms with van der Waals surface area (Å²) >= 11 is 0. The minimum Gasteiger partial charge on any atom is -0.465 e. The van der Waals surface area contributed by atoms with Gasteiger partial charge in [-0.3, -0.25) is 9.59 Å². The molecule has 26 heavy (non-hydrogen) atoms. The number of carbonyl (C=O) groups excluding carboxylic acids is 2. The molecule has 1 saturated carbocycles. The zero-order valence-corrected chi connectivity index (χ0v) is 17.1. The van der Waals surface area contributed by atoms with E-state index in [4.69, 9.17) is 9.47 Å². The van der Waals surface area contributed by atoms with Gasteiger partial charge in [0.15, 0.2) is 5.41 Å². The summed E-state index contributed by atoms with van der Waals surface area (Å²) in [4.78, 5) is 25.4. The van der Waals surface area contributed by atoms with Crippen LogP contribution in [0.4, 0.5) is 0 Å². The molecule has 140 valence electrons. The van der Waals surface area contributed by atoms with Crippen LogP contribution < -0.4 is 5.19 Å². The van der Waals surface area contributed by atoms with Crippen LogP contribution in [0.25, 0.3) is 0 Å². The van der Waals surface area contributed by atoms with Gasteiger partial charge in [0.05, 0.1) is 13.2 Å². The molecule has 0 saturated heterocycles. The molecule has 1 heterocycles. The average Bonchev–Trinajstić information content (AvgIpc) is 3.12. The van der Waals surface area contributed by atoms with E-state index in [0.717, 1.165) is 6.04 Å². The van der Waals surface area contributed by atoms with Crippen LogP contribution in [0.15, 0.2) is 41.1 Å². The Kier molecular flexibility index (Phi) is 5.11. The molecule has 0 radical (unpaired) electrons. The maximum atomic E-state index is 12.7. The first-order valence-corrected chi connectivity index (χ1v) is 12.2. The summed E-state index contributed by atoms with van der Waals surface area (Å²) in [6, 6.07) is 11.7. The molecule has 1 aliphatic carbocycles. The highest BCUT2D eigenvalue weighted by atomic mass is 28.3. The second-order valence-electron chi connectivity index (χ2n) is 7.65. The minimum absolute atomic E-state index is 0.277. The van der Waals surface area contributed by atoms with E-state index in [1.54, 1.807) is 13.8 Å². The smallest absolute Gasteiger partial charge is 0.323 e. The molecule has 0 spiro atoms. The van der Waals surface area contributed by atoms with Crippen LogP contribution in [0, 0.1) is 11.3 Å². The van der Waals surface area contributed by atoms with Crippen molar-refractivity contribution >= 4 is 25.2 Å². The van der Waals surface area contributed by atoms with Gasteiger partial charge in [0, 0.05) is 0 Å². The molecule has 5 heteroatoms. The highest BCUT2D eigenvalue weighted by Gasteiger charge is 2.60. The molecule has 1 fully saturated rings. The van der Waals surface area contributed by atoms with Crippen molar-refractivity contribution in [1.29, 1.82) is 0 Å². The van der Waals surface area contributed by atoms with Crippen LogP contribution in [0.1, 0.15) is 33.6 Å². The fourth-order valence-corrected chi connectivity index (χ4v) is 9.07. The van der Waals surface area contributed by atoms with Crippen molar-refractivity contribution in [3.8, 4) is 0 Å². The number of allylic oxidation sites excluding steroid dienone is 2. The molecule has 0 N–H and O–H groups in total. The third-order valence-corrected chi connectivity index (χ3v) is 11.2. The number of hydrogen-bond acceptors (Lipinski definition) is 4. The Bertz CT molecular complexity index is 722. The van der Waals surface area contributed by atoms with Crippen molar-refractivity contribution in [3.05, 3.63) is 41.1 Å². The normalized spacial score (nSPS) is 26.5. The van der Waals surface area contributed by atoms with Gasteiger partial charge in [0.2, 0.25) is 0 Å². The number of ether oxygens (including phenoxy) is 2. The number of benzene rings is 1. The van der Waals surface area contributed by atoms with Crippen molar-refractivity contribution in [2.24, 2.45) is 11.3 Å². The van der Waals surface area contributed by atoms with Gasteiger partial charge in [-0.15, -0.1) is 0 Å². The second-order valence-corrected chi connectivity index (χ2v) is 12.1.